The molecule has 4 heteroatoms. The van der Waals surface area contributed by atoms with Gasteiger partial charge in [-0.1, -0.05) is 227 Å². The van der Waals surface area contributed by atoms with Gasteiger partial charge in [-0.3, -0.25) is 4.79 Å². The van der Waals surface area contributed by atoms with Crippen molar-refractivity contribution in [2.75, 3.05) is 6.61 Å². The third kappa shape index (κ3) is 46.2. The molecule has 0 fully saturated rings. The van der Waals surface area contributed by atoms with Crippen LogP contribution in [0.4, 0.5) is 0 Å². The fourth-order valence-corrected chi connectivity index (χ4v) is 7.00. The quantitative estimate of drug-likeness (QED) is 0.0424. The van der Waals surface area contributed by atoms with Gasteiger partial charge in [-0.2, -0.15) is 0 Å². The van der Waals surface area contributed by atoms with Crippen molar-refractivity contribution < 1.29 is 15.0 Å². The van der Waals surface area contributed by atoms with Crippen LogP contribution in [0, 0.1) is 0 Å². The van der Waals surface area contributed by atoms with Gasteiger partial charge in [0.1, 0.15) is 0 Å². The predicted octanol–water partition coefficient (Wildman–Crippen LogP) is 16.2. The summed E-state index contributed by atoms with van der Waals surface area (Å²) in [5, 5.41) is 23.0. The Kier molecular flexibility index (Phi) is 47.4. The van der Waals surface area contributed by atoms with Crippen molar-refractivity contribution in [1.82, 2.24) is 5.32 Å². The second-order valence-electron chi connectivity index (χ2n) is 16.5. The number of allylic oxidation sites excluding steroid dienone is 15. The molecule has 3 N–H and O–H groups in total. The monoisotopic (exact) mass is 818 g/mol. The van der Waals surface area contributed by atoms with Crippen molar-refractivity contribution in [3.8, 4) is 0 Å². The summed E-state index contributed by atoms with van der Waals surface area (Å²) in [5.74, 6) is -0.112. The molecule has 0 saturated carbocycles. The first-order chi connectivity index (χ1) is 29.2. The van der Waals surface area contributed by atoms with Gasteiger partial charge in [-0.05, 0) is 89.9 Å². The summed E-state index contributed by atoms with van der Waals surface area (Å²) in [5.41, 5.74) is 0. The lowest BCUT2D eigenvalue weighted by atomic mass is 10.0. The standard InChI is InChI=1S/C55H95NO3/c1-3-5-7-9-11-13-15-17-19-21-23-24-25-26-27-28-29-30-31-33-34-36-38-40-42-44-46-48-50-54(58)53(52-57)56-55(59)51-49-47-45-43-41-39-37-35-32-22-20-18-16-14-12-10-8-6-4-2/h6,8,12,14,18,20,32-35,39-42,48,50,53-54,57-58H,3-5,7,9-11,13,15-17,19,21-31,36-38,43-47,49,51-52H2,1-2H3,(H,56,59)/b8-6-,14-12-,20-18-,34-33+,35-32-,41-39-,42-40+,50-48+. The second kappa shape index (κ2) is 49.7. The molecule has 59 heavy (non-hydrogen) atoms. The van der Waals surface area contributed by atoms with Gasteiger partial charge in [0.2, 0.25) is 5.91 Å². The van der Waals surface area contributed by atoms with Crippen LogP contribution in [0.3, 0.4) is 0 Å². The van der Waals surface area contributed by atoms with E-state index in [0.29, 0.717) is 6.42 Å². The Morgan fingerprint density at radius 1 is 0.424 bits per heavy atom. The molecule has 0 heterocycles. The number of hydrogen-bond donors (Lipinski definition) is 3. The lowest BCUT2D eigenvalue weighted by Gasteiger charge is -2.19. The Morgan fingerprint density at radius 2 is 0.763 bits per heavy atom. The summed E-state index contributed by atoms with van der Waals surface area (Å²) in [4.78, 5) is 12.4. The number of carbonyl (C=O) groups is 1. The average molecular weight is 818 g/mol. The summed E-state index contributed by atoms with van der Waals surface area (Å²) >= 11 is 0. The lowest BCUT2D eigenvalue weighted by molar-refractivity contribution is -0.123. The molecule has 0 aromatic rings. The highest BCUT2D eigenvalue weighted by molar-refractivity contribution is 5.76. The third-order valence-corrected chi connectivity index (χ3v) is 10.8. The van der Waals surface area contributed by atoms with Gasteiger partial charge < -0.3 is 15.5 Å². The molecule has 0 aromatic carbocycles. The number of hydrogen-bond acceptors (Lipinski definition) is 3. The van der Waals surface area contributed by atoms with Crippen LogP contribution in [0.5, 0.6) is 0 Å². The average Bonchev–Trinajstić information content (AvgIpc) is 3.24. The Balaban J connectivity index is 3.67. The fourth-order valence-electron chi connectivity index (χ4n) is 7.00. The fraction of sp³-hybridized carbons (Fsp3) is 0.691. The van der Waals surface area contributed by atoms with Crippen LogP contribution in [0.25, 0.3) is 0 Å². The summed E-state index contributed by atoms with van der Waals surface area (Å²) < 4.78 is 0. The number of aliphatic hydroxyl groups excluding tert-OH is 2. The van der Waals surface area contributed by atoms with Crippen molar-refractivity contribution in [2.45, 2.75) is 238 Å². The van der Waals surface area contributed by atoms with Crippen molar-refractivity contribution >= 4 is 5.91 Å². The van der Waals surface area contributed by atoms with E-state index in [1.165, 1.54) is 122 Å². The Labute approximate surface area is 366 Å². The number of unbranched alkanes of at least 4 members (excludes halogenated alkanes) is 23. The Morgan fingerprint density at radius 3 is 1.19 bits per heavy atom. The molecule has 0 bridgehead atoms. The molecule has 0 radical (unpaired) electrons. The molecular weight excluding hydrogens is 723 g/mol. The summed E-state index contributed by atoms with van der Waals surface area (Å²) in [7, 11) is 0. The highest BCUT2D eigenvalue weighted by Gasteiger charge is 2.17. The van der Waals surface area contributed by atoms with Crippen LogP contribution in [-0.4, -0.2) is 34.9 Å². The zero-order valence-corrected chi connectivity index (χ0v) is 38.7. The smallest absolute Gasteiger partial charge is 0.220 e. The van der Waals surface area contributed by atoms with Crippen molar-refractivity contribution in [2.24, 2.45) is 0 Å². The predicted molar refractivity (Wildman–Crippen MR) is 262 cm³/mol. The number of carbonyl (C=O) groups excluding carboxylic acids is 1. The van der Waals surface area contributed by atoms with Gasteiger partial charge in [0, 0.05) is 6.42 Å². The maximum atomic E-state index is 12.4. The molecular formula is C55H95NO3. The number of aliphatic hydroxyl groups is 2. The largest absolute Gasteiger partial charge is 0.394 e. The van der Waals surface area contributed by atoms with Crippen LogP contribution in [0.15, 0.2) is 97.2 Å². The van der Waals surface area contributed by atoms with Gasteiger partial charge in [0.05, 0.1) is 18.8 Å². The van der Waals surface area contributed by atoms with E-state index < -0.39 is 12.1 Å². The molecule has 338 valence electrons. The van der Waals surface area contributed by atoms with Gasteiger partial charge >= 0.3 is 0 Å². The molecule has 0 saturated heterocycles. The van der Waals surface area contributed by atoms with Crippen molar-refractivity contribution in [3.63, 3.8) is 0 Å². The first kappa shape index (κ1) is 56.3. The molecule has 0 aromatic heterocycles. The zero-order chi connectivity index (χ0) is 42.8. The van der Waals surface area contributed by atoms with Crippen LogP contribution in [0.2, 0.25) is 0 Å². The zero-order valence-electron chi connectivity index (χ0n) is 38.7. The van der Waals surface area contributed by atoms with E-state index in [1.54, 1.807) is 6.08 Å². The summed E-state index contributed by atoms with van der Waals surface area (Å²) in [6, 6.07) is -0.670. The molecule has 0 spiro atoms. The van der Waals surface area contributed by atoms with Crippen molar-refractivity contribution in [3.05, 3.63) is 97.2 Å². The minimum atomic E-state index is -0.891. The van der Waals surface area contributed by atoms with Crippen LogP contribution >= 0.6 is 0 Å². The molecule has 1 amide bonds. The van der Waals surface area contributed by atoms with E-state index in [4.69, 9.17) is 0 Å². The van der Waals surface area contributed by atoms with Gasteiger partial charge in [-0.25, -0.2) is 0 Å². The SMILES string of the molecule is CC/C=C\C/C=C\C/C=C\C/C=C\C/C=C\CCCCCC(=O)NC(CO)C(O)/C=C/CC/C=C/CC/C=C/CCCCCCCCCCCCCCCCCCCC. The topological polar surface area (TPSA) is 69.6 Å². The Hall–Kier alpha value is -2.69. The highest BCUT2D eigenvalue weighted by atomic mass is 16.3. The first-order valence-electron chi connectivity index (χ1n) is 25.0. The maximum absolute atomic E-state index is 12.4. The normalized spacial score (nSPS) is 13.8. The number of rotatable bonds is 44. The number of amides is 1. The van der Waals surface area contributed by atoms with Gasteiger partial charge in [-0.15, -0.1) is 0 Å². The van der Waals surface area contributed by atoms with Gasteiger partial charge in [0.15, 0.2) is 0 Å². The summed E-state index contributed by atoms with van der Waals surface area (Å²) in [6.07, 6.45) is 74.0. The first-order valence-corrected chi connectivity index (χ1v) is 25.0. The minimum absolute atomic E-state index is 0.112. The molecule has 2 atom stereocenters. The van der Waals surface area contributed by atoms with Crippen molar-refractivity contribution in [1.29, 1.82) is 0 Å². The highest BCUT2D eigenvalue weighted by Crippen LogP contribution is 2.15. The Bertz CT molecular complexity index is 1110. The van der Waals surface area contributed by atoms with E-state index in [9.17, 15) is 15.0 Å². The maximum Gasteiger partial charge on any atom is 0.220 e. The van der Waals surface area contributed by atoms with Gasteiger partial charge in [0.25, 0.3) is 0 Å². The van der Waals surface area contributed by atoms with Crippen LogP contribution in [0.1, 0.15) is 226 Å². The van der Waals surface area contributed by atoms with E-state index >= 15 is 0 Å². The number of nitrogens with one attached hydrogen (secondary N) is 1. The molecule has 0 aliphatic rings. The molecule has 0 aliphatic carbocycles. The van der Waals surface area contributed by atoms with E-state index in [0.717, 1.165) is 83.5 Å². The second-order valence-corrected chi connectivity index (χ2v) is 16.5. The minimum Gasteiger partial charge on any atom is -0.394 e. The van der Waals surface area contributed by atoms with Crippen LogP contribution < -0.4 is 5.32 Å². The third-order valence-electron chi connectivity index (χ3n) is 10.8. The van der Waals surface area contributed by atoms with E-state index in [-0.39, 0.29) is 12.5 Å². The molecule has 2 unspecified atom stereocenters. The summed E-state index contributed by atoms with van der Waals surface area (Å²) in [6.45, 7) is 4.17. The molecule has 4 nitrogen and oxygen atoms in total. The lowest BCUT2D eigenvalue weighted by Crippen LogP contribution is -2.45. The van der Waals surface area contributed by atoms with E-state index in [2.05, 4.69) is 104 Å². The van der Waals surface area contributed by atoms with E-state index in [1.807, 2.05) is 6.08 Å². The van der Waals surface area contributed by atoms with Crippen LogP contribution in [-0.2, 0) is 4.79 Å². The molecule has 0 rings (SSSR count). The molecule has 0 aliphatic heterocycles.